The number of rotatable bonds is 5. The third-order valence-electron chi connectivity index (χ3n) is 4.46. The van der Waals surface area contributed by atoms with E-state index < -0.39 is 34.8 Å². The van der Waals surface area contributed by atoms with Crippen LogP contribution in [0.5, 0.6) is 0 Å². The number of hydrogen-bond acceptors (Lipinski definition) is 5. The van der Waals surface area contributed by atoms with Gasteiger partial charge in [0.15, 0.2) is 0 Å². The summed E-state index contributed by atoms with van der Waals surface area (Å²) < 4.78 is 65.6. The molecule has 12 heteroatoms. The van der Waals surface area contributed by atoms with Gasteiger partial charge in [0, 0.05) is 12.3 Å². The first-order chi connectivity index (χ1) is 14.7. The molecule has 3 N–H and O–H groups in total. The number of aromatic nitrogens is 4. The topological polar surface area (TPSA) is 78.5 Å². The normalized spacial score (nSPS) is 19.2. The molecule has 3 heterocycles. The highest BCUT2D eigenvalue weighted by atomic mass is 35.5. The Balaban J connectivity index is 1.46. The summed E-state index contributed by atoms with van der Waals surface area (Å²) in [4.78, 5) is 15.3. The van der Waals surface area contributed by atoms with Gasteiger partial charge in [0.25, 0.3) is 0 Å². The van der Waals surface area contributed by atoms with E-state index >= 15 is 0 Å². The molecular formula is C19H14ClF5N6. The zero-order valence-corrected chi connectivity index (χ0v) is 16.3. The molecule has 2 unspecified atom stereocenters. The summed E-state index contributed by atoms with van der Waals surface area (Å²) in [6.07, 6.45) is -0.0948. The van der Waals surface area contributed by atoms with Crippen LogP contribution >= 0.6 is 11.6 Å². The zero-order chi connectivity index (χ0) is 22.2. The Bertz CT molecular complexity index is 1170. The quantitative estimate of drug-likeness (QED) is 0.368. The van der Waals surface area contributed by atoms with Crippen LogP contribution in [0.15, 0.2) is 54.4 Å². The fraction of sp³-hybridized carbons (Fsp3) is 0.211. The second kappa shape index (κ2) is 8.14. The van der Waals surface area contributed by atoms with Crippen LogP contribution in [0.4, 0.5) is 33.7 Å². The van der Waals surface area contributed by atoms with Gasteiger partial charge in [-0.05, 0) is 24.3 Å². The summed E-state index contributed by atoms with van der Waals surface area (Å²) in [6.45, 7) is 0.105. The van der Waals surface area contributed by atoms with E-state index in [9.17, 15) is 22.0 Å². The number of nitrogens with zero attached hydrogens (tertiary/aromatic N) is 3. The Morgan fingerprint density at radius 3 is 2.71 bits per heavy atom. The van der Waals surface area contributed by atoms with E-state index in [2.05, 4.69) is 30.6 Å². The molecule has 0 bridgehead atoms. The number of alkyl halides is 4. The van der Waals surface area contributed by atoms with E-state index in [0.717, 1.165) is 30.5 Å². The van der Waals surface area contributed by atoms with Gasteiger partial charge in [-0.15, -0.1) is 11.6 Å². The minimum Gasteiger partial charge on any atom is -0.364 e. The number of halogens is 6. The van der Waals surface area contributed by atoms with Gasteiger partial charge in [-0.25, -0.2) is 18.7 Å². The molecule has 3 aromatic rings. The first-order valence-corrected chi connectivity index (χ1v) is 9.39. The van der Waals surface area contributed by atoms with Crippen LogP contribution in [-0.2, 0) is 12.7 Å². The zero-order valence-electron chi connectivity index (χ0n) is 15.5. The molecule has 31 heavy (non-hydrogen) atoms. The number of aromatic amines is 1. The third-order valence-corrected chi connectivity index (χ3v) is 4.84. The number of fused-ring (bicyclic) bond motifs is 1. The molecule has 6 nitrogen and oxygen atoms in total. The van der Waals surface area contributed by atoms with E-state index in [1.165, 1.54) is 6.20 Å². The average molecular weight is 457 g/mol. The van der Waals surface area contributed by atoms with E-state index in [1.54, 1.807) is 6.07 Å². The van der Waals surface area contributed by atoms with Crippen molar-refractivity contribution in [2.75, 3.05) is 10.6 Å². The Morgan fingerprint density at radius 2 is 1.97 bits per heavy atom. The Labute approximate surface area is 177 Å². The molecule has 2 atom stereocenters. The average Bonchev–Trinajstić information content (AvgIpc) is 3.10. The van der Waals surface area contributed by atoms with Crippen LogP contribution in [0, 0.1) is 0 Å². The highest BCUT2D eigenvalue weighted by Crippen LogP contribution is 2.30. The van der Waals surface area contributed by atoms with Crippen molar-refractivity contribution in [1.29, 1.82) is 0 Å². The number of nitrogens with one attached hydrogen (secondary N) is 3. The van der Waals surface area contributed by atoms with Crippen LogP contribution in [0.25, 0.3) is 11.0 Å². The van der Waals surface area contributed by atoms with Crippen LogP contribution < -0.4 is 10.6 Å². The first kappa shape index (κ1) is 21.0. The van der Waals surface area contributed by atoms with Crippen LogP contribution in [0.3, 0.4) is 0 Å². The third kappa shape index (κ3) is 4.76. The maximum absolute atomic E-state index is 14.0. The van der Waals surface area contributed by atoms with Crippen molar-refractivity contribution in [3.63, 3.8) is 0 Å². The SMILES string of the molecule is FC1=CC(Cl)C(Nc2nc3cc(CNc4cc(C(F)(F)F)ccn4)ncc3[nH]2)C(F)=C1. The molecule has 1 aliphatic rings. The molecule has 162 valence electrons. The smallest absolute Gasteiger partial charge is 0.364 e. The monoisotopic (exact) mass is 456 g/mol. The van der Waals surface area contributed by atoms with Crippen LogP contribution in [-0.4, -0.2) is 31.4 Å². The molecular weight excluding hydrogens is 443 g/mol. The molecule has 0 aromatic carbocycles. The summed E-state index contributed by atoms with van der Waals surface area (Å²) in [7, 11) is 0. The summed E-state index contributed by atoms with van der Waals surface area (Å²) >= 11 is 5.99. The minimum absolute atomic E-state index is 0.0501. The lowest BCUT2D eigenvalue weighted by atomic mass is 10.1. The largest absolute Gasteiger partial charge is 0.416 e. The summed E-state index contributed by atoms with van der Waals surface area (Å²) in [5.74, 6) is -1.26. The van der Waals surface area contributed by atoms with E-state index in [-0.39, 0.29) is 18.3 Å². The second-order valence-corrected chi connectivity index (χ2v) is 7.21. The Morgan fingerprint density at radius 1 is 1.16 bits per heavy atom. The standard InChI is InChI=1S/C19H14ClF5N6/c20-12-4-10(21)5-13(22)17(12)31-18-29-14-6-11(27-8-15(14)30-18)7-28-16-3-9(1-2-26-16)19(23,24)25/h1-6,8,12,17H,7H2,(H,26,28)(H2,29,30,31). The van der Waals surface area contributed by atoms with Gasteiger partial charge in [0.1, 0.15) is 23.5 Å². The van der Waals surface area contributed by atoms with E-state index in [1.807, 2.05) is 0 Å². The number of anilines is 2. The van der Waals surface area contributed by atoms with Crippen molar-refractivity contribution in [3.05, 3.63) is 65.7 Å². The van der Waals surface area contributed by atoms with Gasteiger partial charge in [-0.3, -0.25) is 4.98 Å². The highest BCUT2D eigenvalue weighted by Gasteiger charge is 2.31. The van der Waals surface area contributed by atoms with Gasteiger partial charge in [-0.1, -0.05) is 0 Å². The maximum Gasteiger partial charge on any atom is 0.416 e. The van der Waals surface area contributed by atoms with Crippen LogP contribution in [0.1, 0.15) is 11.3 Å². The van der Waals surface area contributed by atoms with Gasteiger partial charge >= 0.3 is 6.18 Å². The number of pyridine rings is 2. The summed E-state index contributed by atoms with van der Waals surface area (Å²) in [5.41, 5.74) is 0.706. The Hall–Kier alpha value is -3.21. The predicted molar refractivity (Wildman–Crippen MR) is 106 cm³/mol. The second-order valence-electron chi connectivity index (χ2n) is 6.71. The number of hydrogen-bond donors (Lipinski definition) is 3. The van der Waals surface area contributed by atoms with Gasteiger partial charge in [0.05, 0.1) is 40.4 Å². The maximum atomic E-state index is 14.0. The number of allylic oxidation sites excluding steroid dienone is 2. The van der Waals surface area contributed by atoms with Crippen molar-refractivity contribution in [1.82, 2.24) is 19.9 Å². The molecule has 3 aromatic heterocycles. The van der Waals surface area contributed by atoms with Gasteiger partial charge in [0.2, 0.25) is 5.95 Å². The van der Waals surface area contributed by atoms with Crippen LogP contribution in [0.2, 0.25) is 0 Å². The molecule has 0 saturated heterocycles. The molecule has 0 aliphatic heterocycles. The van der Waals surface area contributed by atoms with Crippen molar-refractivity contribution >= 4 is 34.4 Å². The summed E-state index contributed by atoms with van der Waals surface area (Å²) in [6, 6.07) is 2.40. The lowest BCUT2D eigenvalue weighted by Gasteiger charge is -2.22. The van der Waals surface area contributed by atoms with Gasteiger partial charge in [-0.2, -0.15) is 13.2 Å². The molecule has 1 aliphatic carbocycles. The number of H-pyrrole nitrogens is 1. The fourth-order valence-corrected chi connectivity index (χ4v) is 3.27. The lowest BCUT2D eigenvalue weighted by Crippen LogP contribution is -2.32. The van der Waals surface area contributed by atoms with E-state index in [4.69, 9.17) is 11.6 Å². The van der Waals surface area contributed by atoms with Crippen molar-refractivity contribution < 1.29 is 22.0 Å². The molecule has 0 saturated carbocycles. The van der Waals surface area contributed by atoms with Gasteiger partial charge < -0.3 is 15.6 Å². The molecule has 0 spiro atoms. The lowest BCUT2D eigenvalue weighted by molar-refractivity contribution is -0.137. The van der Waals surface area contributed by atoms with Crippen molar-refractivity contribution in [3.8, 4) is 0 Å². The minimum atomic E-state index is -4.47. The Kier molecular flexibility index (Phi) is 5.52. The molecule has 0 amide bonds. The summed E-state index contributed by atoms with van der Waals surface area (Å²) in [5, 5.41) is 4.61. The first-order valence-electron chi connectivity index (χ1n) is 8.96. The highest BCUT2D eigenvalue weighted by molar-refractivity contribution is 6.22. The molecule has 0 radical (unpaired) electrons. The molecule has 0 fully saturated rings. The van der Waals surface area contributed by atoms with Crippen molar-refractivity contribution in [2.24, 2.45) is 0 Å². The fourth-order valence-electron chi connectivity index (χ4n) is 2.97. The number of imidazole rings is 1. The predicted octanol–water partition coefficient (Wildman–Crippen LogP) is 5.09. The molecule has 4 rings (SSSR count). The van der Waals surface area contributed by atoms with Crippen molar-refractivity contribution in [2.45, 2.75) is 24.1 Å². The van der Waals surface area contributed by atoms with E-state index in [0.29, 0.717) is 16.7 Å².